The van der Waals surface area contributed by atoms with E-state index in [2.05, 4.69) is 41.1 Å². The van der Waals surface area contributed by atoms with Gasteiger partial charge in [-0.2, -0.15) is 0 Å². The number of hydrogen-bond acceptors (Lipinski definition) is 5. The fraction of sp³-hybridized carbons (Fsp3) is 0.464. The molecule has 1 aliphatic rings. The van der Waals surface area contributed by atoms with E-state index in [0.717, 1.165) is 54.8 Å². The van der Waals surface area contributed by atoms with Gasteiger partial charge in [-0.25, -0.2) is 4.98 Å². The fourth-order valence-electron chi connectivity index (χ4n) is 4.69. The maximum absolute atomic E-state index is 13.1. The summed E-state index contributed by atoms with van der Waals surface area (Å²) in [7, 11) is 0. The van der Waals surface area contributed by atoms with Crippen molar-refractivity contribution in [2.75, 3.05) is 35.2 Å². The van der Waals surface area contributed by atoms with Crippen molar-refractivity contribution in [3.8, 4) is 0 Å². The van der Waals surface area contributed by atoms with Gasteiger partial charge in [-0.15, -0.1) is 0 Å². The largest absolute Gasteiger partial charge is 0.480 e. The van der Waals surface area contributed by atoms with Gasteiger partial charge in [0.2, 0.25) is 5.91 Å². The maximum atomic E-state index is 13.1. The summed E-state index contributed by atoms with van der Waals surface area (Å²) >= 11 is 1.55. The molecule has 1 aromatic heterocycles. The first-order valence-electron chi connectivity index (χ1n) is 13.0. The van der Waals surface area contributed by atoms with Crippen molar-refractivity contribution in [2.45, 2.75) is 63.6 Å². The minimum Gasteiger partial charge on any atom is -0.480 e. The van der Waals surface area contributed by atoms with Crippen molar-refractivity contribution in [3.63, 3.8) is 0 Å². The molecule has 3 aromatic rings. The number of carbonyl (C=O) groups is 2. The Balaban J connectivity index is 1.42. The van der Waals surface area contributed by atoms with Crippen LogP contribution in [0, 0.1) is 0 Å². The molecular weight excluding hydrogens is 472 g/mol. The Labute approximate surface area is 217 Å². The molecule has 0 aliphatic carbocycles. The van der Waals surface area contributed by atoms with Crippen LogP contribution in [0.25, 0.3) is 11.0 Å². The molecule has 0 radical (unpaired) electrons. The van der Waals surface area contributed by atoms with Crippen LogP contribution in [0.2, 0.25) is 0 Å². The molecule has 1 saturated heterocycles. The lowest BCUT2D eigenvalue weighted by Crippen LogP contribution is -2.32. The van der Waals surface area contributed by atoms with E-state index >= 15 is 0 Å². The van der Waals surface area contributed by atoms with Crippen LogP contribution in [0.5, 0.6) is 0 Å². The number of thioether (sulfide) groups is 1. The van der Waals surface area contributed by atoms with Crippen molar-refractivity contribution in [1.82, 2.24) is 9.55 Å². The van der Waals surface area contributed by atoms with Crippen LogP contribution in [0.3, 0.4) is 0 Å². The normalized spacial score (nSPS) is 13.8. The Morgan fingerprint density at radius 1 is 1.03 bits per heavy atom. The summed E-state index contributed by atoms with van der Waals surface area (Å²) < 4.78 is 1.76. The van der Waals surface area contributed by atoms with Crippen molar-refractivity contribution >= 4 is 46.0 Å². The Morgan fingerprint density at radius 2 is 1.78 bits per heavy atom. The van der Waals surface area contributed by atoms with E-state index in [-0.39, 0.29) is 12.5 Å². The molecule has 1 fully saturated rings. The average Bonchev–Trinajstić information content (AvgIpc) is 3.24. The molecule has 2 aromatic carbocycles. The third-order valence-electron chi connectivity index (χ3n) is 6.60. The Morgan fingerprint density at radius 3 is 2.50 bits per heavy atom. The summed E-state index contributed by atoms with van der Waals surface area (Å²) in [4.78, 5) is 33.5. The van der Waals surface area contributed by atoms with Crippen LogP contribution in [0.1, 0.15) is 51.9 Å². The smallest absolute Gasteiger partial charge is 0.323 e. The molecule has 7 nitrogen and oxygen atoms in total. The van der Waals surface area contributed by atoms with E-state index in [4.69, 9.17) is 0 Å². The van der Waals surface area contributed by atoms with Crippen LogP contribution in [-0.2, 0) is 16.1 Å². The first-order valence-corrected chi connectivity index (χ1v) is 14.0. The number of hydrogen-bond donors (Lipinski definition) is 1. The SMILES string of the molecule is CCCCC(=O)N(CCCSc1nc2ccccc2n1CC(=O)O)c1ccc(N2CCCCC2)cc1. The lowest BCUT2D eigenvalue weighted by molar-refractivity contribution is -0.137. The van der Waals surface area contributed by atoms with E-state index in [0.29, 0.717) is 18.1 Å². The predicted molar refractivity (Wildman–Crippen MR) is 147 cm³/mol. The first-order chi connectivity index (χ1) is 17.6. The maximum Gasteiger partial charge on any atom is 0.323 e. The number of unbranched alkanes of at least 4 members (excludes halogenated alkanes) is 1. The monoisotopic (exact) mass is 508 g/mol. The third kappa shape index (κ3) is 6.60. The summed E-state index contributed by atoms with van der Waals surface area (Å²) in [5.41, 5.74) is 3.80. The molecule has 4 rings (SSSR count). The van der Waals surface area contributed by atoms with Crippen molar-refractivity contribution in [1.29, 1.82) is 0 Å². The van der Waals surface area contributed by atoms with Crippen molar-refractivity contribution in [3.05, 3.63) is 48.5 Å². The summed E-state index contributed by atoms with van der Waals surface area (Å²) in [6.45, 7) is 4.81. The van der Waals surface area contributed by atoms with E-state index in [1.165, 1.54) is 24.9 Å². The number of para-hydroxylation sites is 2. The van der Waals surface area contributed by atoms with Crippen LogP contribution in [0.4, 0.5) is 11.4 Å². The number of carboxylic acids is 1. The molecule has 0 bridgehead atoms. The van der Waals surface area contributed by atoms with E-state index in [1.807, 2.05) is 29.2 Å². The zero-order valence-electron chi connectivity index (χ0n) is 21.1. The molecule has 1 amide bonds. The Kier molecular flexibility index (Phi) is 9.28. The number of carbonyl (C=O) groups excluding carboxylic acids is 1. The zero-order valence-corrected chi connectivity index (χ0v) is 21.9. The van der Waals surface area contributed by atoms with Gasteiger partial charge in [-0.05, 0) is 68.5 Å². The van der Waals surface area contributed by atoms with Crippen LogP contribution in [-0.4, -0.2) is 51.9 Å². The topological polar surface area (TPSA) is 78.7 Å². The van der Waals surface area contributed by atoms with E-state index in [1.54, 1.807) is 16.3 Å². The number of carboxylic acid groups (broad SMARTS) is 1. The number of aromatic nitrogens is 2. The lowest BCUT2D eigenvalue weighted by Gasteiger charge is -2.29. The lowest BCUT2D eigenvalue weighted by atomic mass is 10.1. The molecule has 1 N–H and O–H groups in total. The highest BCUT2D eigenvalue weighted by atomic mass is 32.2. The number of anilines is 2. The Hall–Kier alpha value is -3.00. The molecule has 2 heterocycles. The number of piperidine rings is 1. The predicted octanol–water partition coefficient (Wildman–Crippen LogP) is 5.82. The summed E-state index contributed by atoms with van der Waals surface area (Å²) in [6.07, 6.45) is 6.98. The Bertz CT molecular complexity index is 1160. The van der Waals surface area contributed by atoms with Gasteiger partial charge in [-0.3, -0.25) is 9.59 Å². The highest BCUT2D eigenvalue weighted by Gasteiger charge is 2.18. The van der Waals surface area contributed by atoms with Crippen molar-refractivity contribution in [2.24, 2.45) is 0 Å². The van der Waals surface area contributed by atoms with Gasteiger partial charge in [-0.1, -0.05) is 37.2 Å². The minimum atomic E-state index is -0.888. The number of imidazole rings is 1. The fourth-order valence-corrected chi connectivity index (χ4v) is 5.63. The van der Waals surface area contributed by atoms with Gasteiger partial charge in [0.15, 0.2) is 5.16 Å². The molecule has 0 spiro atoms. The summed E-state index contributed by atoms with van der Waals surface area (Å²) in [6, 6.07) is 16.0. The second kappa shape index (κ2) is 12.8. The minimum absolute atomic E-state index is 0.117. The number of rotatable bonds is 12. The zero-order chi connectivity index (χ0) is 25.3. The molecule has 1 aliphatic heterocycles. The van der Waals surface area contributed by atoms with Gasteiger partial charge in [0.25, 0.3) is 0 Å². The third-order valence-corrected chi connectivity index (χ3v) is 7.66. The summed E-state index contributed by atoms with van der Waals surface area (Å²) in [5.74, 6) is 0.0122. The van der Waals surface area contributed by atoms with E-state index in [9.17, 15) is 14.7 Å². The molecule has 192 valence electrons. The number of fused-ring (bicyclic) bond motifs is 1. The number of aliphatic carboxylic acids is 1. The number of nitrogens with zero attached hydrogens (tertiary/aromatic N) is 4. The second-order valence-corrected chi connectivity index (χ2v) is 10.3. The van der Waals surface area contributed by atoms with Crippen LogP contribution >= 0.6 is 11.8 Å². The summed E-state index contributed by atoms with van der Waals surface area (Å²) in [5, 5.41) is 10.1. The van der Waals surface area contributed by atoms with Crippen LogP contribution < -0.4 is 9.80 Å². The standard InChI is InChI=1S/C28H36N4O3S/c1-2-3-12-26(33)31(23-15-13-22(14-16-23)30-17-7-4-8-18-30)19-9-20-36-28-29-24-10-5-6-11-25(24)32(28)21-27(34)35/h5-6,10-11,13-16H,2-4,7-9,12,17-21H2,1H3,(H,34,35). The molecule has 0 atom stereocenters. The van der Waals surface area contributed by atoms with Gasteiger partial charge < -0.3 is 19.5 Å². The van der Waals surface area contributed by atoms with Gasteiger partial charge in [0.05, 0.1) is 11.0 Å². The average molecular weight is 509 g/mol. The van der Waals surface area contributed by atoms with Gasteiger partial charge >= 0.3 is 5.97 Å². The quantitative estimate of drug-likeness (QED) is 0.245. The highest BCUT2D eigenvalue weighted by Crippen LogP contribution is 2.27. The highest BCUT2D eigenvalue weighted by molar-refractivity contribution is 7.99. The molecule has 36 heavy (non-hydrogen) atoms. The second-order valence-electron chi connectivity index (χ2n) is 9.28. The molecular formula is C28H36N4O3S. The van der Waals surface area contributed by atoms with Gasteiger partial charge in [0.1, 0.15) is 6.54 Å². The molecule has 0 saturated carbocycles. The first kappa shape index (κ1) is 26.1. The van der Waals surface area contributed by atoms with Gasteiger partial charge in [0, 0.05) is 43.2 Å². The number of benzene rings is 2. The van der Waals surface area contributed by atoms with Crippen molar-refractivity contribution < 1.29 is 14.7 Å². The van der Waals surface area contributed by atoms with E-state index < -0.39 is 5.97 Å². The number of amides is 1. The van der Waals surface area contributed by atoms with Crippen LogP contribution in [0.15, 0.2) is 53.7 Å². The molecule has 0 unspecified atom stereocenters. The molecule has 8 heteroatoms.